The Hall–Kier alpha value is -1.84. The Balaban J connectivity index is 0.000000191. The fourth-order valence-corrected chi connectivity index (χ4v) is 8.49. The van der Waals surface area contributed by atoms with Gasteiger partial charge in [-0.3, -0.25) is 9.59 Å². The second-order valence-corrected chi connectivity index (χ2v) is 13.1. The predicted octanol–water partition coefficient (Wildman–Crippen LogP) is 6.33. The Labute approximate surface area is 206 Å². The number of fused-ring (bicyclic) bond motifs is 2. The molecule has 4 aliphatic carbocycles. The number of rotatable bonds is 4. The lowest BCUT2D eigenvalue weighted by Gasteiger charge is -2.55. The quantitative estimate of drug-likeness (QED) is 0.452. The summed E-state index contributed by atoms with van der Waals surface area (Å²) in [5, 5.41) is 0. The molecule has 0 aromatic carbocycles. The van der Waals surface area contributed by atoms with Crippen LogP contribution in [-0.4, -0.2) is 25.1 Å². The summed E-state index contributed by atoms with van der Waals surface area (Å²) in [7, 11) is 0. The molecule has 4 rings (SSSR count). The van der Waals surface area contributed by atoms with Crippen LogP contribution in [0.3, 0.4) is 0 Å². The molecular formula is C30H44O4. The second-order valence-electron chi connectivity index (χ2n) is 13.1. The van der Waals surface area contributed by atoms with Crippen molar-refractivity contribution in [3.8, 4) is 0 Å². The molecule has 4 nitrogen and oxygen atoms in total. The molecule has 0 saturated heterocycles. The van der Waals surface area contributed by atoms with Crippen LogP contribution in [0.4, 0.5) is 0 Å². The molecule has 2 saturated carbocycles. The Morgan fingerprint density at radius 2 is 0.971 bits per heavy atom. The number of aldehydes is 4. The summed E-state index contributed by atoms with van der Waals surface area (Å²) in [5.74, 6) is 0.641. The van der Waals surface area contributed by atoms with Gasteiger partial charge in [-0.15, -0.1) is 0 Å². The van der Waals surface area contributed by atoms with Crippen molar-refractivity contribution in [3.63, 3.8) is 0 Å². The Kier molecular flexibility index (Phi) is 7.60. The van der Waals surface area contributed by atoms with E-state index < -0.39 is 0 Å². The third kappa shape index (κ3) is 4.42. The summed E-state index contributed by atoms with van der Waals surface area (Å²) in [6.45, 7) is 13.6. The normalized spacial score (nSPS) is 40.1. The summed E-state index contributed by atoms with van der Waals surface area (Å²) in [4.78, 5) is 45.0. The molecule has 0 aromatic heterocycles. The molecule has 0 radical (unpaired) electrons. The van der Waals surface area contributed by atoms with Crippen LogP contribution < -0.4 is 0 Å². The standard InChI is InChI=1S/2C15H22O2/c2*1-14(2)7-4-8-15(3)12(10-17)11(9-16)5-6-13(14)15/h2*5,9-10,12-13H,4,6-8H2,1-3H3/t2*12-,13-,15+/m00/s1. The first kappa shape index (κ1) is 26.8. The molecule has 6 atom stereocenters. The van der Waals surface area contributed by atoms with Crippen LogP contribution in [0.1, 0.15) is 92.9 Å². The highest BCUT2D eigenvalue weighted by atomic mass is 16.1. The number of hydrogen-bond donors (Lipinski definition) is 0. The maximum atomic E-state index is 11.4. The first-order valence-electron chi connectivity index (χ1n) is 13.1. The zero-order valence-corrected chi connectivity index (χ0v) is 22.1. The van der Waals surface area contributed by atoms with Crippen molar-refractivity contribution in [2.45, 2.75) is 92.9 Å². The van der Waals surface area contributed by atoms with Gasteiger partial charge in [-0.25, -0.2) is 0 Å². The van der Waals surface area contributed by atoms with Gasteiger partial charge < -0.3 is 9.59 Å². The molecule has 0 heterocycles. The number of allylic oxidation sites excluding steroid dienone is 4. The first-order chi connectivity index (χ1) is 15.9. The summed E-state index contributed by atoms with van der Waals surface area (Å²) < 4.78 is 0. The molecule has 0 aliphatic heterocycles. The van der Waals surface area contributed by atoms with Crippen molar-refractivity contribution >= 4 is 25.1 Å². The van der Waals surface area contributed by atoms with E-state index in [-0.39, 0.29) is 33.5 Å². The van der Waals surface area contributed by atoms with E-state index >= 15 is 0 Å². The van der Waals surface area contributed by atoms with E-state index in [1.165, 1.54) is 12.8 Å². The highest BCUT2D eigenvalue weighted by Gasteiger charge is 2.53. The van der Waals surface area contributed by atoms with Crippen molar-refractivity contribution in [1.29, 1.82) is 0 Å². The lowest BCUT2D eigenvalue weighted by Crippen LogP contribution is -2.49. The second kappa shape index (κ2) is 9.66. The Morgan fingerprint density at radius 1 is 0.618 bits per heavy atom. The largest absolute Gasteiger partial charge is 0.303 e. The molecule has 0 amide bonds. The highest BCUT2D eigenvalue weighted by Crippen LogP contribution is 2.60. The molecule has 34 heavy (non-hydrogen) atoms. The smallest absolute Gasteiger partial charge is 0.146 e. The number of carbonyl (C=O) groups excluding carboxylic acids is 4. The molecule has 0 bridgehead atoms. The zero-order valence-electron chi connectivity index (χ0n) is 22.1. The fraction of sp³-hybridized carbons (Fsp3) is 0.733. The highest BCUT2D eigenvalue weighted by molar-refractivity contribution is 5.83. The van der Waals surface area contributed by atoms with Gasteiger partial charge in [0.05, 0.1) is 0 Å². The van der Waals surface area contributed by atoms with Crippen molar-refractivity contribution in [1.82, 2.24) is 0 Å². The van der Waals surface area contributed by atoms with Crippen LogP contribution in [0.5, 0.6) is 0 Å². The van der Waals surface area contributed by atoms with Crippen LogP contribution in [0, 0.1) is 45.3 Å². The number of carbonyl (C=O) groups is 4. The molecule has 4 aliphatic rings. The zero-order chi connectivity index (χ0) is 25.4. The Morgan fingerprint density at radius 3 is 1.26 bits per heavy atom. The molecule has 188 valence electrons. The maximum Gasteiger partial charge on any atom is 0.146 e. The van der Waals surface area contributed by atoms with Crippen molar-refractivity contribution < 1.29 is 19.2 Å². The minimum Gasteiger partial charge on any atom is -0.303 e. The van der Waals surface area contributed by atoms with E-state index in [9.17, 15) is 19.2 Å². The fourth-order valence-electron chi connectivity index (χ4n) is 8.49. The van der Waals surface area contributed by atoms with Gasteiger partial charge in [-0.05, 0) is 83.2 Å². The molecule has 2 fully saturated rings. The van der Waals surface area contributed by atoms with Gasteiger partial charge in [-0.2, -0.15) is 0 Å². The monoisotopic (exact) mass is 468 g/mol. The van der Waals surface area contributed by atoms with E-state index in [1.807, 2.05) is 12.2 Å². The van der Waals surface area contributed by atoms with E-state index in [0.717, 1.165) is 63.7 Å². The maximum absolute atomic E-state index is 11.4. The number of hydrogen-bond acceptors (Lipinski definition) is 4. The SMILES string of the molecule is CC1(C)CCC[C@]2(C)[C@@H](C=O)C(C=O)=CC[C@@H]12.CC1(C)CCC[C@]2(C)[C@@H](C=O)C(C=O)=CC[C@@H]12. The van der Waals surface area contributed by atoms with Gasteiger partial charge in [0.15, 0.2) is 0 Å². The topological polar surface area (TPSA) is 68.3 Å². The van der Waals surface area contributed by atoms with Crippen molar-refractivity contribution in [2.75, 3.05) is 0 Å². The average molecular weight is 469 g/mol. The van der Waals surface area contributed by atoms with Crippen molar-refractivity contribution in [2.24, 2.45) is 45.3 Å². The summed E-state index contributed by atoms with van der Waals surface area (Å²) >= 11 is 0. The van der Waals surface area contributed by atoms with Crippen LogP contribution in [-0.2, 0) is 19.2 Å². The van der Waals surface area contributed by atoms with Gasteiger partial charge in [0.25, 0.3) is 0 Å². The van der Waals surface area contributed by atoms with E-state index in [2.05, 4.69) is 41.5 Å². The van der Waals surface area contributed by atoms with Crippen LogP contribution in [0.2, 0.25) is 0 Å². The predicted molar refractivity (Wildman–Crippen MR) is 135 cm³/mol. The van der Waals surface area contributed by atoms with Crippen LogP contribution >= 0.6 is 0 Å². The van der Waals surface area contributed by atoms with E-state index in [4.69, 9.17) is 0 Å². The van der Waals surface area contributed by atoms with Crippen molar-refractivity contribution in [3.05, 3.63) is 23.3 Å². The summed E-state index contributed by atoms with van der Waals surface area (Å²) in [6, 6.07) is 0. The minimum absolute atomic E-state index is 0.0194. The van der Waals surface area contributed by atoms with E-state index in [1.54, 1.807) is 0 Å². The lowest BCUT2D eigenvalue weighted by atomic mass is 9.49. The molecule has 0 N–H and O–H groups in total. The molecular weight excluding hydrogens is 424 g/mol. The van der Waals surface area contributed by atoms with Gasteiger partial charge in [0.2, 0.25) is 0 Å². The minimum atomic E-state index is -0.196. The van der Waals surface area contributed by atoms with E-state index in [0.29, 0.717) is 23.0 Å². The van der Waals surface area contributed by atoms with Gasteiger partial charge in [0, 0.05) is 11.8 Å². The summed E-state index contributed by atoms with van der Waals surface area (Å²) in [5.41, 5.74) is 1.93. The lowest BCUT2D eigenvalue weighted by molar-refractivity contribution is -0.122. The van der Waals surface area contributed by atoms with Crippen LogP contribution in [0.15, 0.2) is 23.3 Å². The third-order valence-electron chi connectivity index (χ3n) is 10.4. The average Bonchev–Trinajstić information content (AvgIpc) is 2.76. The first-order valence-corrected chi connectivity index (χ1v) is 13.1. The van der Waals surface area contributed by atoms with Crippen LogP contribution in [0.25, 0.3) is 0 Å². The summed E-state index contributed by atoms with van der Waals surface area (Å²) in [6.07, 6.45) is 16.5. The molecule has 0 unspecified atom stereocenters. The Bertz CT molecular complexity index is 806. The van der Waals surface area contributed by atoms with Gasteiger partial charge in [-0.1, -0.05) is 66.5 Å². The van der Waals surface area contributed by atoms with Gasteiger partial charge in [0.1, 0.15) is 25.1 Å². The molecule has 0 spiro atoms. The van der Waals surface area contributed by atoms with Gasteiger partial charge >= 0.3 is 0 Å². The third-order valence-corrected chi connectivity index (χ3v) is 10.4. The molecule has 0 aromatic rings. The molecule has 4 heteroatoms.